The minimum atomic E-state index is -1.48. The fourth-order valence-electron chi connectivity index (χ4n) is 4.23. The maximum atomic E-state index is 13.0. The van der Waals surface area contributed by atoms with Crippen molar-refractivity contribution in [2.75, 3.05) is 42.9 Å². The first-order valence-corrected chi connectivity index (χ1v) is 12.6. The summed E-state index contributed by atoms with van der Waals surface area (Å²) in [6, 6.07) is 24.5. The number of rotatable bonds is 6. The zero-order valence-corrected chi connectivity index (χ0v) is 20.2. The molecule has 1 atom stereocenters. The first kappa shape index (κ1) is 22.9. The lowest BCUT2D eigenvalue weighted by molar-refractivity contribution is 0.0747. The van der Waals surface area contributed by atoms with Crippen molar-refractivity contribution in [1.29, 1.82) is 0 Å². The zero-order chi connectivity index (χ0) is 24.2. The summed E-state index contributed by atoms with van der Waals surface area (Å²) in [5, 5.41) is 0.938. The molecular formula is C27H26N4O3S. The number of carbonyl (C=O) groups excluding carboxylic acids is 1. The van der Waals surface area contributed by atoms with Crippen LogP contribution in [0.5, 0.6) is 5.75 Å². The zero-order valence-electron chi connectivity index (χ0n) is 19.4. The van der Waals surface area contributed by atoms with E-state index < -0.39 is 11.0 Å². The average molecular weight is 487 g/mol. The summed E-state index contributed by atoms with van der Waals surface area (Å²) >= 11 is 0. The van der Waals surface area contributed by atoms with E-state index in [1.54, 1.807) is 37.6 Å². The van der Waals surface area contributed by atoms with Gasteiger partial charge in [-0.05, 0) is 48.5 Å². The second kappa shape index (κ2) is 10.1. The van der Waals surface area contributed by atoms with Gasteiger partial charge in [0.1, 0.15) is 5.75 Å². The summed E-state index contributed by atoms with van der Waals surface area (Å²) in [6.07, 6.45) is 1.69. The summed E-state index contributed by atoms with van der Waals surface area (Å²) in [5.74, 6) is 0.827. The number of amides is 1. The Morgan fingerprint density at radius 2 is 1.69 bits per heavy atom. The van der Waals surface area contributed by atoms with Crippen LogP contribution < -0.4 is 14.4 Å². The van der Waals surface area contributed by atoms with Crippen molar-refractivity contribution in [2.24, 2.45) is 0 Å². The van der Waals surface area contributed by atoms with E-state index in [4.69, 9.17) is 4.74 Å². The molecule has 0 saturated carbocycles. The van der Waals surface area contributed by atoms with Gasteiger partial charge in [-0.25, -0.2) is 4.21 Å². The van der Waals surface area contributed by atoms with Crippen molar-refractivity contribution in [3.05, 3.63) is 90.6 Å². The van der Waals surface area contributed by atoms with Gasteiger partial charge in [0.05, 0.1) is 17.5 Å². The van der Waals surface area contributed by atoms with Crippen LogP contribution in [0.2, 0.25) is 0 Å². The van der Waals surface area contributed by atoms with Crippen LogP contribution in [0.1, 0.15) is 10.4 Å². The van der Waals surface area contributed by atoms with E-state index in [0.29, 0.717) is 34.8 Å². The third kappa shape index (κ3) is 4.97. The molecule has 0 aliphatic carbocycles. The number of ether oxygens (including phenoxy) is 1. The number of methoxy groups -OCH3 is 1. The Labute approximate surface area is 206 Å². The van der Waals surface area contributed by atoms with Crippen molar-refractivity contribution in [3.63, 3.8) is 0 Å². The lowest BCUT2D eigenvalue weighted by atomic mass is 10.1. The number of piperazine rings is 1. The number of para-hydroxylation sites is 1. The molecule has 0 bridgehead atoms. The molecule has 5 rings (SSSR count). The largest absolute Gasteiger partial charge is 0.497 e. The van der Waals surface area contributed by atoms with Crippen LogP contribution in [-0.4, -0.2) is 53.3 Å². The van der Waals surface area contributed by atoms with E-state index in [-0.39, 0.29) is 5.91 Å². The molecule has 35 heavy (non-hydrogen) atoms. The molecule has 1 unspecified atom stereocenters. The molecule has 7 nitrogen and oxygen atoms in total. The molecule has 1 aromatic heterocycles. The molecule has 1 N–H and O–H groups in total. The highest BCUT2D eigenvalue weighted by molar-refractivity contribution is 7.86. The minimum absolute atomic E-state index is 0.00113. The molecular weight excluding hydrogens is 460 g/mol. The van der Waals surface area contributed by atoms with Crippen LogP contribution in [0.4, 0.5) is 11.4 Å². The van der Waals surface area contributed by atoms with Gasteiger partial charge in [-0.3, -0.25) is 9.78 Å². The number of nitrogens with one attached hydrogen (secondary N) is 1. The standard InChI is InChI=1S/C27H26N4O3S/c1-34-24-8-3-7-23(19-24)30-15-17-31(18-16-30)27(32)21-10-12-22(13-11-21)29-35(33)25-9-2-5-20-6-4-14-28-26(20)25/h2-14,19,29H,15-18H2,1H3. The predicted molar refractivity (Wildman–Crippen MR) is 139 cm³/mol. The van der Waals surface area contributed by atoms with Crippen molar-refractivity contribution in [2.45, 2.75) is 4.90 Å². The summed E-state index contributed by atoms with van der Waals surface area (Å²) < 4.78 is 21.3. The number of hydrogen-bond donors (Lipinski definition) is 1. The number of nitrogens with zero attached hydrogens (tertiary/aromatic N) is 3. The third-order valence-electron chi connectivity index (χ3n) is 6.12. The molecule has 2 heterocycles. The first-order valence-electron chi connectivity index (χ1n) is 11.4. The van der Waals surface area contributed by atoms with Crippen LogP contribution in [0.25, 0.3) is 10.9 Å². The number of hydrogen-bond acceptors (Lipinski definition) is 5. The second-order valence-corrected chi connectivity index (χ2v) is 9.44. The molecule has 178 valence electrons. The molecule has 4 aromatic rings. The van der Waals surface area contributed by atoms with Gasteiger partial charge in [-0.15, -0.1) is 0 Å². The number of fused-ring (bicyclic) bond motifs is 1. The van der Waals surface area contributed by atoms with Gasteiger partial charge >= 0.3 is 0 Å². The second-order valence-electron chi connectivity index (χ2n) is 8.26. The molecule has 1 aliphatic heterocycles. The van der Waals surface area contributed by atoms with E-state index >= 15 is 0 Å². The molecule has 1 aliphatic rings. The molecule has 1 saturated heterocycles. The Hall–Kier alpha value is -3.91. The fraction of sp³-hybridized carbons (Fsp3) is 0.185. The van der Waals surface area contributed by atoms with Gasteiger partial charge in [-0.1, -0.05) is 24.3 Å². The molecule has 0 radical (unpaired) electrons. The monoisotopic (exact) mass is 486 g/mol. The van der Waals surface area contributed by atoms with Gasteiger partial charge in [0.2, 0.25) is 0 Å². The van der Waals surface area contributed by atoms with Crippen molar-refractivity contribution < 1.29 is 13.7 Å². The van der Waals surface area contributed by atoms with Gasteiger partial charge in [0, 0.05) is 60.8 Å². The highest BCUT2D eigenvalue weighted by Gasteiger charge is 2.22. The molecule has 0 spiro atoms. The SMILES string of the molecule is COc1cccc(N2CCN(C(=O)c3ccc(NS(=O)c4cccc5cccnc45)cc3)CC2)c1. The normalized spacial score (nSPS) is 14.5. The van der Waals surface area contributed by atoms with E-state index in [0.717, 1.165) is 29.9 Å². The molecule has 1 fully saturated rings. The van der Waals surface area contributed by atoms with E-state index in [1.165, 1.54) is 0 Å². The topological polar surface area (TPSA) is 74.8 Å². The van der Waals surface area contributed by atoms with Gasteiger partial charge in [0.25, 0.3) is 5.91 Å². The third-order valence-corrected chi connectivity index (χ3v) is 7.27. The van der Waals surface area contributed by atoms with Crippen molar-refractivity contribution >= 4 is 39.2 Å². The Bertz CT molecular complexity index is 1360. The Kier molecular flexibility index (Phi) is 6.63. The summed E-state index contributed by atoms with van der Waals surface area (Å²) in [5.41, 5.74) is 3.10. The first-order chi connectivity index (χ1) is 17.1. The fourth-order valence-corrected chi connectivity index (χ4v) is 5.23. The maximum Gasteiger partial charge on any atom is 0.253 e. The highest BCUT2D eigenvalue weighted by Crippen LogP contribution is 2.24. The van der Waals surface area contributed by atoms with Gasteiger partial charge in [-0.2, -0.15) is 0 Å². The molecule has 8 heteroatoms. The van der Waals surface area contributed by atoms with Gasteiger partial charge < -0.3 is 19.3 Å². The molecule has 1 amide bonds. The van der Waals surface area contributed by atoms with E-state index in [9.17, 15) is 9.00 Å². The number of pyridine rings is 1. The van der Waals surface area contributed by atoms with E-state index in [1.807, 2.05) is 53.4 Å². The average Bonchev–Trinajstić information content (AvgIpc) is 2.93. The molecule has 3 aromatic carbocycles. The van der Waals surface area contributed by atoms with E-state index in [2.05, 4.69) is 20.7 Å². The lowest BCUT2D eigenvalue weighted by Crippen LogP contribution is -2.48. The predicted octanol–water partition coefficient (Wildman–Crippen LogP) is 4.34. The van der Waals surface area contributed by atoms with Crippen LogP contribution in [0.15, 0.2) is 90.0 Å². The highest BCUT2D eigenvalue weighted by atomic mass is 32.2. The number of benzene rings is 3. The maximum absolute atomic E-state index is 13.0. The van der Waals surface area contributed by atoms with Gasteiger partial charge in [0.15, 0.2) is 11.0 Å². The van der Waals surface area contributed by atoms with Crippen LogP contribution in [-0.2, 0) is 11.0 Å². The number of aromatic nitrogens is 1. The Balaban J connectivity index is 1.21. The summed E-state index contributed by atoms with van der Waals surface area (Å²) in [4.78, 5) is 22.2. The summed E-state index contributed by atoms with van der Waals surface area (Å²) in [6.45, 7) is 2.81. The lowest BCUT2D eigenvalue weighted by Gasteiger charge is -2.36. The number of carbonyl (C=O) groups is 1. The minimum Gasteiger partial charge on any atom is -0.497 e. The van der Waals surface area contributed by atoms with Crippen molar-refractivity contribution in [3.8, 4) is 5.75 Å². The Morgan fingerprint density at radius 1 is 0.943 bits per heavy atom. The van der Waals surface area contributed by atoms with Crippen LogP contribution in [0, 0.1) is 0 Å². The van der Waals surface area contributed by atoms with Crippen molar-refractivity contribution in [1.82, 2.24) is 9.88 Å². The smallest absolute Gasteiger partial charge is 0.253 e. The van der Waals surface area contributed by atoms with Crippen LogP contribution in [0.3, 0.4) is 0 Å². The summed E-state index contributed by atoms with van der Waals surface area (Å²) in [7, 11) is 0.184. The number of anilines is 2. The quantitative estimate of drug-likeness (QED) is 0.439. The Morgan fingerprint density at radius 3 is 2.46 bits per heavy atom. The van der Waals surface area contributed by atoms with Crippen LogP contribution >= 0.6 is 0 Å².